The van der Waals surface area contributed by atoms with Gasteiger partial charge in [-0.25, -0.2) is 0 Å². The van der Waals surface area contributed by atoms with Gasteiger partial charge in [0.1, 0.15) is 18.4 Å². The minimum atomic E-state index is -0.593. The van der Waals surface area contributed by atoms with Crippen molar-refractivity contribution in [2.24, 2.45) is 17.3 Å². The molecule has 1 spiro atoms. The second-order valence-corrected chi connectivity index (χ2v) is 11.9. The second kappa shape index (κ2) is 14.6. The largest absolute Gasteiger partial charge is 0.492 e. The van der Waals surface area contributed by atoms with Crippen molar-refractivity contribution >= 4 is 17.7 Å². The van der Waals surface area contributed by atoms with Crippen LogP contribution in [0.15, 0.2) is 42.5 Å². The van der Waals surface area contributed by atoms with E-state index < -0.39 is 11.5 Å². The van der Waals surface area contributed by atoms with Crippen LogP contribution in [0.2, 0.25) is 0 Å². The lowest BCUT2D eigenvalue weighted by Gasteiger charge is -2.41. The number of benzene rings is 1. The summed E-state index contributed by atoms with van der Waals surface area (Å²) >= 11 is 0. The minimum absolute atomic E-state index is 0.0476. The quantitative estimate of drug-likeness (QED) is 0.337. The third kappa shape index (κ3) is 8.54. The number of carbonyl (C=O) groups is 3. The van der Waals surface area contributed by atoms with Crippen LogP contribution in [-0.4, -0.2) is 80.7 Å². The molecule has 9 heteroatoms. The van der Waals surface area contributed by atoms with Gasteiger partial charge in [-0.15, -0.1) is 0 Å². The first-order valence-corrected chi connectivity index (χ1v) is 14.9. The van der Waals surface area contributed by atoms with E-state index in [-0.39, 0.29) is 35.6 Å². The summed E-state index contributed by atoms with van der Waals surface area (Å²) in [5.74, 6) is 1.09. The number of likely N-dealkylation sites (tertiary alicyclic amines) is 1. The molecule has 1 aromatic rings. The Hall–Kier alpha value is -2.91. The summed E-state index contributed by atoms with van der Waals surface area (Å²) in [4.78, 5) is 41.8. The van der Waals surface area contributed by atoms with Gasteiger partial charge in [0.25, 0.3) is 0 Å². The predicted octanol–water partition coefficient (Wildman–Crippen LogP) is 2.67. The van der Waals surface area contributed by atoms with Gasteiger partial charge >= 0.3 is 0 Å². The van der Waals surface area contributed by atoms with Crippen molar-refractivity contribution in [2.75, 3.05) is 46.0 Å². The minimum Gasteiger partial charge on any atom is -0.492 e. The lowest BCUT2D eigenvalue weighted by molar-refractivity contribution is -0.138. The molecule has 40 heavy (non-hydrogen) atoms. The number of nitrogens with zero attached hydrogens (tertiary/aromatic N) is 1. The van der Waals surface area contributed by atoms with Crippen molar-refractivity contribution in [2.45, 2.75) is 64.5 Å². The standard InChI is InChI=1S/C31H46N4O5/c1-23(2)20-27-29(37)33-26-11-18-39-22-24(26)8-6-7-12-31(30(38)34-27)13-16-35(17-14-31)21-28(36)32-15-19-40-25-9-4-3-5-10-25/h3-7,9-10,23-24,26-27H,8,11-22H2,1-2H3,(H,32,36)(H,33,37)(H,34,38)/b7-6-/t24-,26+,27+/m0/s1. The number of rotatable bonds is 8. The number of fused-ring (bicyclic) bond motifs is 1. The molecule has 220 valence electrons. The van der Waals surface area contributed by atoms with Crippen LogP contribution in [0.3, 0.4) is 0 Å². The molecule has 4 rings (SSSR count). The summed E-state index contributed by atoms with van der Waals surface area (Å²) in [6.07, 6.45) is 8.40. The van der Waals surface area contributed by atoms with Crippen LogP contribution in [0.4, 0.5) is 0 Å². The Morgan fingerprint density at radius 2 is 1.93 bits per heavy atom. The van der Waals surface area contributed by atoms with Crippen molar-refractivity contribution in [1.82, 2.24) is 20.9 Å². The maximum atomic E-state index is 13.8. The average Bonchev–Trinajstić information content (AvgIpc) is 2.94. The molecule has 2 fully saturated rings. The van der Waals surface area contributed by atoms with Gasteiger partial charge in [0.05, 0.1) is 25.1 Å². The van der Waals surface area contributed by atoms with E-state index in [0.717, 1.165) is 18.6 Å². The maximum absolute atomic E-state index is 13.8. The van der Waals surface area contributed by atoms with E-state index >= 15 is 0 Å². The maximum Gasteiger partial charge on any atom is 0.242 e. The highest BCUT2D eigenvalue weighted by Gasteiger charge is 2.42. The molecule has 3 atom stereocenters. The zero-order valence-corrected chi connectivity index (χ0v) is 24.0. The Kier molecular flexibility index (Phi) is 11.0. The molecule has 0 bridgehead atoms. The fraction of sp³-hybridized carbons (Fsp3) is 0.645. The molecule has 3 amide bonds. The highest BCUT2D eigenvalue weighted by molar-refractivity contribution is 5.90. The Bertz CT molecular complexity index is 1010. The molecular weight excluding hydrogens is 508 g/mol. The van der Waals surface area contributed by atoms with Crippen molar-refractivity contribution < 1.29 is 23.9 Å². The van der Waals surface area contributed by atoms with E-state index in [1.54, 1.807) is 0 Å². The van der Waals surface area contributed by atoms with Crippen molar-refractivity contribution in [3.05, 3.63) is 42.5 Å². The number of hydrogen-bond donors (Lipinski definition) is 3. The Balaban J connectivity index is 1.34. The number of amides is 3. The Morgan fingerprint density at radius 3 is 2.67 bits per heavy atom. The molecule has 0 aromatic heterocycles. The number of hydrogen-bond acceptors (Lipinski definition) is 6. The first kappa shape index (κ1) is 30.1. The molecular formula is C31H46N4O5. The summed E-state index contributed by atoms with van der Waals surface area (Å²) in [6.45, 7) is 7.85. The van der Waals surface area contributed by atoms with Gasteiger partial charge < -0.3 is 25.4 Å². The lowest BCUT2D eigenvalue weighted by Crippen LogP contribution is -2.57. The molecule has 0 aliphatic carbocycles. The molecule has 0 unspecified atom stereocenters. The monoisotopic (exact) mass is 554 g/mol. The first-order chi connectivity index (χ1) is 19.3. The van der Waals surface area contributed by atoms with E-state index in [2.05, 4.69) is 46.8 Å². The molecule has 3 N–H and O–H groups in total. The van der Waals surface area contributed by atoms with Crippen molar-refractivity contribution in [1.29, 1.82) is 0 Å². The molecule has 0 saturated carbocycles. The summed E-state index contributed by atoms with van der Waals surface area (Å²) < 4.78 is 11.4. The normalized spacial score (nSPS) is 26.5. The summed E-state index contributed by atoms with van der Waals surface area (Å²) in [5, 5.41) is 9.31. The van der Waals surface area contributed by atoms with E-state index in [0.29, 0.717) is 71.7 Å². The molecule has 3 aliphatic heterocycles. The zero-order chi connectivity index (χ0) is 28.4. The molecule has 0 radical (unpaired) electrons. The summed E-state index contributed by atoms with van der Waals surface area (Å²) in [7, 11) is 0. The topological polar surface area (TPSA) is 109 Å². The highest BCUT2D eigenvalue weighted by Crippen LogP contribution is 2.36. The van der Waals surface area contributed by atoms with E-state index in [1.807, 2.05) is 30.3 Å². The number of allylic oxidation sites excluding steroid dienone is 2. The van der Waals surface area contributed by atoms with Gasteiger partial charge in [0.2, 0.25) is 17.7 Å². The van der Waals surface area contributed by atoms with Crippen LogP contribution in [0.25, 0.3) is 0 Å². The van der Waals surface area contributed by atoms with Crippen LogP contribution in [-0.2, 0) is 19.1 Å². The van der Waals surface area contributed by atoms with Crippen LogP contribution < -0.4 is 20.7 Å². The summed E-state index contributed by atoms with van der Waals surface area (Å²) in [5.41, 5.74) is -0.593. The van der Waals surface area contributed by atoms with Crippen molar-refractivity contribution in [3.63, 3.8) is 0 Å². The van der Waals surface area contributed by atoms with Gasteiger partial charge in [-0.05, 0) is 69.7 Å². The SMILES string of the molecule is CC(C)C[C@H]1NC(=O)C2(C/C=C\C[C@H]3COCC[C@H]3NC1=O)CCN(CC(=O)NCCOc1ccccc1)CC2. The smallest absolute Gasteiger partial charge is 0.242 e. The van der Waals surface area contributed by atoms with E-state index in [9.17, 15) is 14.4 Å². The number of nitrogens with one attached hydrogen (secondary N) is 3. The Labute approximate surface area is 238 Å². The lowest BCUT2D eigenvalue weighted by atomic mass is 9.74. The number of ether oxygens (including phenoxy) is 2. The number of piperidine rings is 1. The Morgan fingerprint density at radius 1 is 1.15 bits per heavy atom. The number of para-hydroxylation sites is 1. The average molecular weight is 555 g/mol. The fourth-order valence-electron chi connectivity index (χ4n) is 5.89. The van der Waals surface area contributed by atoms with Crippen LogP contribution in [0.1, 0.15) is 52.4 Å². The van der Waals surface area contributed by atoms with Crippen LogP contribution >= 0.6 is 0 Å². The predicted molar refractivity (Wildman–Crippen MR) is 154 cm³/mol. The molecule has 9 nitrogen and oxygen atoms in total. The van der Waals surface area contributed by atoms with Crippen LogP contribution in [0, 0.1) is 17.3 Å². The van der Waals surface area contributed by atoms with Gasteiger partial charge in [0, 0.05) is 18.6 Å². The molecule has 1 aromatic carbocycles. The highest BCUT2D eigenvalue weighted by atomic mass is 16.5. The van der Waals surface area contributed by atoms with E-state index in [1.165, 1.54) is 0 Å². The molecule has 3 aliphatic rings. The zero-order valence-electron chi connectivity index (χ0n) is 24.0. The van der Waals surface area contributed by atoms with Crippen molar-refractivity contribution in [3.8, 4) is 5.75 Å². The molecule has 2 saturated heterocycles. The van der Waals surface area contributed by atoms with Gasteiger partial charge in [-0.3, -0.25) is 19.3 Å². The third-order valence-corrected chi connectivity index (χ3v) is 8.34. The van der Waals surface area contributed by atoms with Crippen LogP contribution in [0.5, 0.6) is 5.75 Å². The van der Waals surface area contributed by atoms with Gasteiger partial charge in [-0.1, -0.05) is 44.2 Å². The molecule has 3 heterocycles. The third-order valence-electron chi connectivity index (χ3n) is 8.34. The fourth-order valence-corrected chi connectivity index (χ4v) is 5.89. The van der Waals surface area contributed by atoms with Gasteiger partial charge in [0.15, 0.2) is 0 Å². The first-order valence-electron chi connectivity index (χ1n) is 14.9. The number of carbonyl (C=O) groups excluding carboxylic acids is 3. The second-order valence-electron chi connectivity index (χ2n) is 11.9. The summed E-state index contributed by atoms with van der Waals surface area (Å²) in [6, 6.07) is 9.03. The van der Waals surface area contributed by atoms with E-state index in [4.69, 9.17) is 9.47 Å². The van der Waals surface area contributed by atoms with Gasteiger partial charge in [-0.2, -0.15) is 0 Å².